The molecule has 0 amide bonds. The van der Waals surface area contributed by atoms with Gasteiger partial charge in [-0.3, -0.25) is 4.79 Å². The summed E-state index contributed by atoms with van der Waals surface area (Å²) in [4.78, 5) is 14.3. The largest absolute Gasteiger partial charge is 0.573 e. The van der Waals surface area contributed by atoms with Gasteiger partial charge in [0.2, 0.25) is 0 Å². The Kier molecular flexibility index (Phi) is 4.64. The Hall–Kier alpha value is -1.48. The molecule has 0 aliphatic carbocycles. The van der Waals surface area contributed by atoms with E-state index in [0.29, 0.717) is 6.07 Å². The molecule has 0 saturated heterocycles. The van der Waals surface area contributed by atoms with E-state index in [4.69, 9.17) is 17.3 Å². The maximum Gasteiger partial charge on any atom is 0.573 e. The van der Waals surface area contributed by atoms with Crippen LogP contribution in [0.3, 0.4) is 0 Å². The molecule has 0 saturated carbocycles. The number of carbonyl (C=O) groups is 1. The van der Waals surface area contributed by atoms with Crippen LogP contribution in [-0.2, 0) is 6.54 Å². The van der Waals surface area contributed by atoms with Crippen molar-refractivity contribution < 1.29 is 31.5 Å². The minimum atomic E-state index is -5.17. The van der Waals surface area contributed by atoms with Crippen molar-refractivity contribution in [3.63, 3.8) is 0 Å². The number of halogens is 6. The quantitative estimate of drug-likeness (QED) is 0.686. The van der Waals surface area contributed by atoms with Gasteiger partial charge in [-0.15, -0.1) is 13.2 Å². The Balaban J connectivity index is 3.48. The molecule has 0 aliphatic heterocycles. The number of nitrogens with zero attached hydrogens (tertiary/aromatic N) is 1. The van der Waals surface area contributed by atoms with Crippen LogP contribution in [0.2, 0.25) is 0 Å². The predicted molar refractivity (Wildman–Crippen MR) is 54.0 cm³/mol. The van der Waals surface area contributed by atoms with Crippen LogP contribution in [0.25, 0.3) is 0 Å². The van der Waals surface area contributed by atoms with Crippen LogP contribution in [-0.4, -0.2) is 16.6 Å². The Labute approximate surface area is 108 Å². The van der Waals surface area contributed by atoms with Crippen LogP contribution in [0, 0.1) is 0 Å². The van der Waals surface area contributed by atoms with E-state index < -0.39 is 41.6 Å². The maximum absolute atomic E-state index is 12.7. The molecule has 2 N–H and O–H groups in total. The summed E-state index contributed by atoms with van der Waals surface area (Å²) in [5.41, 5.74) is 2.48. The van der Waals surface area contributed by atoms with Gasteiger partial charge in [-0.05, 0) is 11.6 Å². The highest BCUT2D eigenvalue weighted by atomic mass is 35.5. The van der Waals surface area contributed by atoms with E-state index in [1.807, 2.05) is 0 Å². The number of nitrogens with two attached hydrogens (primary N) is 1. The molecule has 4 nitrogen and oxygen atoms in total. The molecular weight excluding hydrogens is 299 g/mol. The van der Waals surface area contributed by atoms with E-state index in [9.17, 15) is 26.7 Å². The average molecular weight is 305 g/mol. The van der Waals surface area contributed by atoms with Crippen molar-refractivity contribution >= 4 is 16.8 Å². The zero-order chi connectivity index (χ0) is 14.8. The molecule has 1 rings (SSSR count). The van der Waals surface area contributed by atoms with Gasteiger partial charge in [-0.2, -0.15) is 0 Å². The zero-order valence-corrected chi connectivity index (χ0v) is 9.73. The molecule has 0 atom stereocenters. The molecule has 19 heavy (non-hydrogen) atoms. The number of pyridine rings is 1. The van der Waals surface area contributed by atoms with Crippen LogP contribution < -0.4 is 10.5 Å². The fourth-order valence-electron chi connectivity index (χ4n) is 1.26. The van der Waals surface area contributed by atoms with E-state index in [1.54, 1.807) is 0 Å². The lowest BCUT2D eigenvalue weighted by atomic mass is 10.1. The maximum atomic E-state index is 12.7. The van der Waals surface area contributed by atoms with Gasteiger partial charge in [0.1, 0.15) is 17.0 Å². The second kappa shape index (κ2) is 5.66. The Bertz CT molecular complexity index is 492. The third-order valence-electron chi connectivity index (χ3n) is 1.90. The first kappa shape index (κ1) is 15.6. The van der Waals surface area contributed by atoms with E-state index in [2.05, 4.69) is 9.72 Å². The number of aromatic nitrogens is 1. The number of carbonyl (C=O) groups excluding carboxylic acids is 1. The Morgan fingerprint density at radius 3 is 2.42 bits per heavy atom. The Morgan fingerprint density at radius 1 is 1.47 bits per heavy atom. The molecule has 0 unspecified atom stereocenters. The normalized spacial score (nSPS) is 11.8. The highest BCUT2D eigenvalue weighted by Crippen LogP contribution is 2.33. The van der Waals surface area contributed by atoms with Crippen LogP contribution in [0.1, 0.15) is 28.2 Å². The summed E-state index contributed by atoms with van der Waals surface area (Å²) in [5, 5.41) is -1.54. The van der Waals surface area contributed by atoms with E-state index >= 15 is 0 Å². The summed E-state index contributed by atoms with van der Waals surface area (Å²) in [5.74, 6) is -1.15. The van der Waals surface area contributed by atoms with Crippen molar-refractivity contribution in [2.24, 2.45) is 5.73 Å². The standard InChI is InChI=1S/C9H6ClF5N2O2/c10-7(18)5-4(19-9(13,14)15)1-3(2-16)17-6(5)8(11)12/h1,8H,2,16H2. The van der Waals surface area contributed by atoms with Crippen LogP contribution in [0.4, 0.5) is 22.0 Å². The van der Waals surface area contributed by atoms with Crippen LogP contribution in [0.5, 0.6) is 5.75 Å². The van der Waals surface area contributed by atoms with Gasteiger partial charge in [0.15, 0.2) is 0 Å². The fraction of sp³-hybridized carbons (Fsp3) is 0.333. The number of rotatable bonds is 4. The molecule has 0 radical (unpaired) electrons. The summed E-state index contributed by atoms with van der Waals surface area (Å²) in [6.07, 6.45) is -8.48. The summed E-state index contributed by atoms with van der Waals surface area (Å²) in [6.45, 7) is -0.412. The lowest BCUT2D eigenvalue weighted by molar-refractivity contribution is -0.274. The van der Waals surface area contributed by atoms with E-state index in [-0.39, 0.29) is 5.69 Å². The van der Waals surface area contributed by atoms with Crippen LogP contribution >= 0.6 is 11.6 Å². The highest BCUT2D eigenvalue weighted by molar-refractivity contribution is 6.68. The molecule has 0 spiro atoms. The molecule has 0 aliphatic rings. The van der Waals surface area contributed by atoms with Crippen LogP contribution in [0.15, 0.2) is 6.07 Å². The first-order valence-electron chi connectivity index (χ1n) is 4.63. The third-order valence-corrected chi connectivity index (χ3v) is 2.09. The number of ether oxygens (including phenoxy) is 1. The molecule has 0 aromatic carbocycles. The summed E-state index contributed by atoms with van der Waals surface area (Å²) < 4.78 is 65.2. The van der Waals surface area contributed by atoms with Gasteiger partial charge in [-0.25, -0.2) is 13.8 Å². The van der Waals surface area contributed by atoms with Gasteiger partial charge in [-0.1, -0.05) is 0 Å². The second-order valence-corrected chi connectivity index (χ2v) is 3.54. The van der Waals surface area contributed by atoms with E-state index in [0.717, 1.165) is 0 Å². The minimum absolute atomic E-state index is 0.295. The van der Waals surface area contributed by atoms with E-state index in [1.165, 1.54) is 0 Å². The second-order valence-electron chi connectivity index (χ2n) is 3.20. The molecule has 10 heteroatoms. The number of alkyl halides is 5. The number of hydrogen-bond acceptors (Lipinski definition) is 4. The van der Waals surface area contributed by atoms with Gasteiger partial charge < -0.3 is 10.5 Å². The smallest absolute Gasteiger partial charge is 0.405 e. The number of hydrogen-bond donors (Lipinski definition) is 1. The molecule has 1 aromatic heterocycles. The topological polar surface area (TPSA) is 65.2 Å². The van der Waals surface area contributed by atoms with Gasteiger partial charge >= 0.3 is 6.36 Å². The zero-order valence-electron chi connectivity index (χ0n) is 8.97. The third kappa shape index (κ3) is 4.00. The minimum Gasteiger partial charge on any atom is -0.405 e. The summed E-state index contributed by atoms with van der Waals surface area (Å²) >= 11 is 4.99. The predicted octanol–water partition coefficient (Wildman–Crippen LogP) is 2.76. The van der Waals surface area contributed by atoms with Crippen molar-refractivity contribution in [1.82, 2.24) is 4.98 Å². The van der Waals surface area contributed by atoms with Crippen molar-refractivity contribution in [2.75, 3.05) is 0 Å². The molecule has 1 heterocycles. The lowest BCUT2D eigenvalue weighted by Gasteiger charge is -2.15. The summed E-state index contributed by atoms with van der Waals surface area (Å²) in [6, 6.07) is 0.634. The van der Waals surface area contributed by atoms with Gasteiger partial charge in [0, 0.05) is 12.6 Å². The first-order chi connectivity index (χ1) is 8.65. The average Bonchev–Trinajstić information content (AvgIpc) is 2.24. The monoisotopic (exact) mass is 304 g/mol. The fourth-order valence-corrected chi connectivity index (χ4v) is 1.45. The molecule has 106 valence electrons. The molecular formula is C9H6ClF5N2O2. The molecule has 0 fully saturated rings. The highest BCUT2D eigenvalue weighted by Gasteiger charge is 2.35. The lowest BCUT2D eigenvalue weighted by Crippen LogP contribution is -2.20. The Morgan fingerprint density at radius 2 is 2.05 bits per heavy atom. The van der Waals surface area contributed by atoms with Gasteiger partial charge in [0.25, 0.3) is 11.7 Å². The van der Waals surface area contributed by atoms with Gasteiger partial charge in [0.05, 0.1) is 5.69 Å². The molecule has 1 aromatic rings. The van der Waals surface area contributed by atoms with Crippen molar-refractivity contribution in [2.45, 2.75) is 19.3 Å². The SMILES string of the molecule is NCc1cc(OC(F)(F)F)c(C(=O)Cl)c(C(F)F)n1. The van der Waals surface area contributed by atoms with Crippen molar-refractivity contribution in [1.29, 1.82) is 0 Å². The summed E-state index contributed by atoms with van der Waals surface area (Å²) in [7, 11) is 0. The van der Waals surface area contributed by atoms with Crippen molar-refractivity contribution in [3.05, 3.63) is 23.0 Å². The molecule has 0 bridgehead atoms. The van der Waals surface area contributed by atoms with Crippen molar-refractivity contribution in [3.8, 4) is 5.75 Å². The first-order valence-corrected chi connectivity index (χ1v) is 5.01.